The Morgan fingerprint density at radius 2 is 1.88 bits per heavy atom. The van der Waals surface area contributed by atoms with Crippen LogP contribution in [0.1, 0.15) is 53.0 Å². The highest BCUT2D eigenvalue weighted by Crippen LogP contribution is 2.17. The zero-order chi connectivity index (χ0) is 18.5. The van der Waals surface area contributed by atoms with Crippen molar-refractivity contribution in [1.82, 2.24) is 15.6 Å². The monoisotopic (exact) mass is 345 g/mol. The molecule has 0 bridgehead atoms. The molecule has 2 aromatic rings. The van der Waals surface area contributed by atoms with Crippen molar-refractivity contribution in [3.63, 3.8) is 0 Å². The Morgan fingerprint density at radius 3 is 2.52 bits per heavy atom. The molecule has 138 valence electrons. The van der Waals surface area contributed by atoms with E-state index in [1.165, 1.54) is 10.9 Å². The van der Waals surface area contributed by atoms with E-state index in [0.29, 0.717) is 6.54 Å². The van der Waals surface area contributed by atoms with Crippen molar-refractivity contribution in [2.45, 2.75) is 65.1 Å². The quantitative estimate of drug-likeness (QED) is 0.699. The Labute approximate surface area is 150 Å². The van der Waals surface area contributed by atoms with Crippen molar-refractivity contribution in [2.24, 2.45) is 0 Å². The van der Waals surface area contributed by atoms with Crippen LogP contribution in [0.5, 0.6) is 0 Å². The molecule has 25 heavy (non-hydrogen) atoms. The highest BCUT2D eigenvalue weighted by atomic mass is 16.6. The van der Waals surface area contributed by atoms with Crippen LogP contribution in [0.25, 0.3) is 10.9 Å². The van der Waals surface area contributed by atoms with Crippen LogP contribution in [0.3, 0.4) is 0 Å². The molecule has 5 nitrogen and oxygen atoms in total. The minimum atomic E-state index is -0.490. The van der Waals surface area contributed by atoms with Crippen LogP contribution in [0, 0.1) is 0 Å². The highest BCUT2D eigenvalue weighted by molar-refractivity contribution is 5.79. The second-order valence-electron chi connectivity index (χ2n) is 7.62. The van der Waals surface area contributed by atoms with Crippen molar-refractivity contribution < 1.29 is 9.53 Å². The first kappa shape index (κ1) is 19.3. The molecule has 1 aromatic carbocycles. The number of benzene rings is 1. The molecule has 1 amide bonds. The molecule has 0 unspecified atom stereocenters. The Hall–Kier alpha value is -2.01. The Bertz CT molecular complexity index is 696. The molecular weight excluding hydrogens is 314 g/mol. The first-order valence-electron chi connectivity index (χ1n) is 9.05. The van der Waals surface area contributed by atoms with Gasteiger partial charge in [0.15, 0.2) is 0 Å². The number of H-pyrrole nitrogens is 1. The fraction of sp³-hybridized carbons (Fsp3) is 0.550. The first-order chi connectivity index (χ1) is 11.8. The van der Waals surface area contributed by atoms with E-state index in [0.717, 1.165) is 24.9 Å². The third kappa shape index (κ3) is 5.49. The zero-order valence-electron chi connectivity index (χ0n) is 16.0. The fourth-order valence-corrected chi connectivity index (χ4v) is 2.89. The van der Waals surface area contributed by atoms with Gasteiger partial charge in [-0.3, -0.25) is 0 Å². The first-order valence-corrected chi connectivity index (χ1v) is 9.05. The summed E-state index contributed by atoms with van der Waals surface area (Å²) in [4.78, 5) is 15.4. The summed E-state index contributed by atoms with van der Waals surface area (Å²) in [5.74, 6) is 0. The maximum absolute atomic E-state index is 12.2. The largest absolute Gasteiger partial charge is 0.444 e. The molecule has 0 spiro atoms. The van der Waals surface area contributed by atoms with Crippen LogP contribution in [0.15, 0.2) is 30.5 Å². The van der Waals surface area contributed by atoms with Crippen LogP contribution in [0.2, 0.25) is 0 Å². The van der Waals surface area contributed by atoms with Gasteiger partial charge in [-0.2, -0.15) is 0 Å². The molecule has 2 rings (SSSR count). The van der Waals surface area contributed by atoms with Gasteiger partial charge in [0, 0.05) is 24.8 Å². The van der Waals surface area contributed by atoms with Crippen LogP contribution in [0.4, 0.5) is 4.79 Å². The molecule has 3 N–H and O–H groups in total. The van der Waals surface area contributed by atoms with E-state index in [4.69, 9.17) is 4.74 Å². The third-order valence-electron chi connectivity index (χ3n) is 4.53. The summed E-state index contributed by atoms with van der Waals surface area (Å²) in [5, 5.41) is 7.77. The average molecular weight is 345 g/mol. The summed E-state index contributed by atoms with van der Waals surface area (Å²) in [6.45, 7) is 11.3. The number of carbonyl (C=O) groups excluding carboxylic acids is 1. The molecule has 0 fully saturated rings. The summed E-state index contributed by atoms with van der Waals surface area (Å²) < 4.78 is 5.42. The number of aromatic nitrogens is 1. The van der Waals surface area contributed by atoms with Crippen molar-refractivity contribution in [2.75, 3.05) is 6.54 Å². The van der Waals surface area contributed by atoms with E-state index in [1.807, 2.05) is 27.0 Å². The maximum atomic E-state index is 12.2. The Balaban J connectivity index is 1.94. The Morgan fingerprint density at radius 1 is 1.16 bits per heavy atom. The molecule has 0 radical (unpaired) electrons. The molecule has 0 atom stereocenters. The number of amides is 1. The van der Waals surface area contributed by atoms with Crippen LogP contribution < -0.4 is 10.6 Å². The number of ether oxygens (including phenoxy) is 1. The van der Waals surface area contributed by atoms with E-state index in [1.54, 1.807) is 0 Å². The lowest BCUT2D eigenvalue weighted by molar-refractivity contribution is 0.0446. The molecule has 1 aromatic heterocycles. The van der Waals surface area contributed by atoms with E-state index >= 15 is 0 Å². The molecule has 0 aliphatic carbocycles. The Kier molecular flexibility index (Phi) is 6.11. The summed E-state index contributed by atoms with van der Waals surface area (Å²) >= 11 is 0. The maximum Gasteiger partial charge on any atom is 0.408 e. The predicted octanol–water partition coefficient (Wildman–Crippen LogP) is 4.34. The second-order valence-corrected chi connectivity index (χ2v) is 7.62. The van der Waals surface area contributed by atoms with Gasteiger partial charge < -0.3 is 20.4 Å². The SMILES string of the molecule is CCC(CC)(CNCc1ccc2cc[nH]c2c1)NC(=O)OC(C)(C)C. The molecule has 0 aliphatic rings. The predicted molar refractivity (Wildman–Crippen MR) is 103 cm³/mol. The average Bonchev–Trinajstić information content (AvgIpc) is 2.99. The van der Waals surface area contributed by atoms with Crippen molar-refractivity contribution in [1.29, 1.82) is 0 Å². The number of carbonyl (C=O) groups is 1. The standard InChI is InChI=1S/C20H31N3O2/c1-6-20(7-2,23-18(24)25-19(3,4)5)14-21-13-15-8-9-16-10-11-22-17(16)12-15/h8-12,21-22H,6-7,13-14H2,1-5H3,(H,23,24). The number of hydrogen-bond acceptors (Lipinski definition) is 3. The molecule has 1 heterocycles. The minimum Gasteiger partial charge on any atom is -0.444 e. The van der Waals surface area contributed by atoms with Crippen LogP contribution >= 0.6 is 0 Å². The molecule has 5 heteroatoms. The lowest BCUT2D eigenvalue weighted by Gasteiger charge is -2.34. The summed E-state index contributed by atoms with van der Waals surface area (Å²) in [6.07, 6.45) is 3.27. The van der Waals surface area contributed by atoms with E-state index in [-0.39, 0.29) is 11.6 Å². The number of rotatable bonds is 7. The number of alkyl carbamates (subject to hydrolysis) is 1. The van der Waals surface area contributed by atoms with Crippen molar-refractivity contribution in [3.8, 4) is 0 Å². The third-order valence-corrected chi connectivity index (χ3v) is 4.53. The van der Waals surface area contributed by atoms with Gasteiger partial charge in [0.05, 0.1) is 5.54 Å². The smallest absolute Gasteiger partial charge is 0.408 e. The van der Waals surface area contributed by atoms with Gasteiger partial charge in [-0.15, -0.1) is 0 Å². The fourth-order valence-electron chi connectivity index (χ4n) is 2.89. The van der Waals surface area contributed by atoms with Crippen LogP contribution in [-0.2, 0) is 11.3 Å². The number of nitrogens with one attached hydrogen (secondary N) is 3. The number of fused-ring (bicyclic) bond motifs is 1. The van der Waals surface area contributed by atoms with Gasteiger partial charge in [-0.05, 0) is 56.7 Å². The van der Waals surface area contributed by atoms with Gasteiger partial charge in [0.2, 0.25) is 0 Å². The summed E-state index contributed by atoms with van der Waals surface area (Å²) in [6, 6.07) is 8.47. The summed E-state index contributed by atoms with van der Waals surface area (Å²) in [5.41, 5.74) is 1.56. The van der Waals surface area contributed by atoms with Crippen LogP contribution in [-0.4, -0.2) is 28.8 Å². The van der Waals surface area contributed by atoms with Gasteiger partial charge in [-0.1, -0.05) is 26.0 Å². The van der Waals surface area contributed by atoms with E-state index in [2.05, 4.69) is 53.7 Å². The number of aromatic amines is 1. The highest BCUT2D eigenvalue weighted by Gasteiger charge is 2.30. The molecule has 0 aliphatic heterocycles. The molecule has 0 saturated carbocycles. The number of hydrogen-bond donors (Lipinski definition) is 3. The normalized spacial score (nSPS) is 12.4. The topological polar surface area (TPSA) is 66.2 Å². The van der Waals surface area contributed by atoms with Gasteiger partial charge in [-0.25, -0.2) is 4.79 Å². The van der Waals surface area contributed by atoms with Gasteiger partial charge >= 0.3 is 6.09 Å². The van der Waals surface area contributed by atoms with Crippen molar-refractivity contribution >= 4 is 17.0 Å². The lowest BCUT2D eigenvalue weighted by Crippen LogP contribution is -2.55. The molecule has 0 saturated heterocycles. The van der Waals surface area contributed by atoms with Crippen molar-refractivity contribution in [3.05, 3.63) is 36.0 Å². The molecular formula is C20H31N3O2. The zero-order valence-corrected chi connectivity index (χ0v) is 16.0. The second kappa shape index (κ2) is 7.91. The van der Waals surface area contributed by atoms with Gasteiger partial charge in [0.1, 0.15) is 5.60 Å². The van der Waals surface area contributed by atoms with E-state index in [9.17, 15) is 4.79 Å². The lowest BCUT2D eigenvalue weighted by atomic mass is 9.92. The van der Waals surface area contributed by atoms with E-state index < -0.39 is 5.60 Å². The minimum absolute atomic E-state index is 0.307. The summed E-state index contributed by atoms with van der Waals surface area (Å²) in [7, 11) is 0. The van der Waals surface area contributed by atoms with Gasteiger partial charge in [0.25, 0.3) is 0 Å².